The number of sulfonamides is 1. The van der Waals surface area contributed by atoms with Crippen molar-refractivity contribution >= 4 is 31.6 Å². The number of nitrogens with zero attached hydrogens (tertiary/aromatic N) is 1. The molecule has 0 unspecified atom stereocenters. The molecular formula is C15H16BrNO3S. The highest BCUT2D eigenvalue weighted by Gasteiger charge is 2.21. The molecule has 6 heteroatoms. The fourth-order valence-corrected chi connectivity index (χ4v) is 3.41. The topological polar surface area (TPSA) is 46.6 Å². The molecule has 0 aliphatic rings. The molecule has 2 rings (SSSR count). The molecule has 21 heavy (non-hydrogen) atoms. The number of methoxy groups -OCH3 is 1. The molecule has 0 aliphatic carbocycles. The van der Waals surface area contributed by atoms with Crippen LogP contribution in [0.4, 0.5) is 5.69 Å². The van der Waals surface area contributed by atoms with E-state index in [9.17, 15) is 8.42 Å². The number of benzene rings is 2. The minimum absolute atomic E-state index is 0.262. The van der Waals surface area contributed by atoms with Gasteiger partial charge in [-0.25, -0.2) is 8.42 Å². The smallest absolute Gasteiger partial charge is 0.264 e. The van der Waals surface area contributed by atoms with Crippen LogP contribution in [-0.2, 0) is 15.4 Å². The van der Waals surface area contributed by atoms with E-state index in [1.165, 1.54) is 11.4 Å². The third-order valence-corrected chi connectivity index (χ3v) is 5.60. The molecular weight excluding hydrogens is 354 g/mol. The maximum Gasteiger partial charge on any atom is 0.264 e. The molecule has 4 nitrogen and oxygen atoms in total. The molecule has 0 saturated carbocycles. The summed E-state index contributed by atoms with van der Waals surface area (Å²) in [6.45, 7) is 0. The molecule has 0 fully saturated rings. The number of alkyl halides is 1. The first-order chi connectivity index (χ1) is 9.98. The predicted octanol–water partition coefficient (Wildman–Crippen LogP) is 3.42. The predicted molar refractivity (Wildman–Crippen MR) is 87.7 cm³/mol. The van der Waals surface area contributed by atoms with Gasteiger partial charge in [-0.15, -0.1) is 0 Å². The van der Waals surface area contributed by atoms with Crippen molar-refractivity contribution in [3.8, 4) is 5.75 Å². The van der Waals surface area contributed by atoms with Gasteiger partial charge in [0.2, 0.25) is 0 Å². The number of rotatable bonds is 5. The van der Waals surface area contributed by atoms with Gasteiger partial charge in [-0.05, 0) is 29.8 Å². The standard InChI is InChI=1S/C15H16BrNO3S/c1-17(13-4-3-5-14(10-13)20-2)21(18,19)15-8-6-12(11-16)7-9-15/h3-10H,11H2,1-2H3. The van der Waals surface area contributed by atoms with Crippen LogP contribution in [0.5, 0.6) is 5.75 Å². The Kier molecular flexibility index (Phi) is 4.90. The van der Waals surface area contributed by atoms with Gasteiger partial charge >= 0.3 is 0 Å². The molecule has 0 N–H and O–H groups in total. The van der Waals surface area contributed by atoms with Crippen LogP contribution in [-0.4, -0.2) is 22.6 Å². The van der Waals surface area contributed by atoms with Crippen LogP contribution >= 0.6 is 15.9 Å². The van der Waals surface area contributed by atoms with Crippen molar-refractivity contribution in [2.75, 3.05) is 18.5 Å². The Labute approximate surface area is 133 Å². The van der Waals surface area contributed by atoms with E-state index in [1.807, 2.05) is 0 Å². The second-order valence-electron chi connectivity index (χ2n) is 4.45. The number of anilines is 1. The minimum Gasteiger partial charge on any atom is -0.497 e. The van der Waals surface area contributed by atoms with E-state index >= 15 is 0 Å². The van der Waals surface area contributed by atoms with Crippen LogP contribution in [0.2, 0.25) is 0 Å². The first-order valence-electron chi connectivity index (χ1n) is 6.27. The Morgan fingerprint density at radius 2 is 1.81 bits per heavy atom. The fourth-order valence-electron chi connectivity index (χ4n) is 1.85. The van der Waals surface area contributed by atoms with E-state index in [2.05, 4.69) is 15.9 Å². The lowest BCUT2D eigenvalue weighted by Crippen LogP contribution is -2.26. The zero-order valence-corrected chi connectivity index (χ0v) is 14.2. The van der Waals surface area contributed by atoms with E-state index < -0.39 is 10.0 Å². The Balaban J connectivity index is 2.37. The Morgan fingerprint density at radius 3 is 2.38 bits per heavy atom. The number of halogens is 1. The lowest BCUT2D eigenvalue weighted by Gasteiger charge is -2.20. The van der Waals surface area contributed by atoms with Crippen molar-refractivity contribution in [1.82, 2.24) is 0 Å². The molecule has 0 bridgehead atoms. The molecule has 0 spiro atoms. The van der Waals surface area contributed by atoms with Gasteiger partial charge in [0.15, 0.2) is 0 Å². The van der Waals surface area contributed by atoms with E-state index in [0.717, 1.165) is 5.56 Å². The van der Waals surface area contributed by atoms with Crippen molar-refractivity contribution in [1.29, 1.82) is 0 Å². The summed E-state index contributed by atoms with van der Waals surface area (Å²) in [7, 11) is -0.501. The SMILES string of the molecule is COc1cccc(N(C)S(=O)(=O)c2ccc(CBr)cc2)c1. The van der Waals surface area contributed by atoms with Crippen molar-refractivity contribution in [3.05, 3.63) is 54.1 Å². The number of hydrogen-bond acceptors (Lipinski definition) is 3. The highest BCUT2D eigenvalue weighted by molar-refractivity contribution is 9.08. The molecule has 0 aromatic heterocycles. The maximum absolute atomic E-state index is 12.6. The van der Waals surface area contributed by atoms with Crippen LogP contribution in [0, 0.1) is 0 Å². The first-order valence-corrected chi connectivity index (χ1v) is 8.83. The van der Waals surface area contributed by atoms with Crippen LogP contribution < -0.4 is 9.04 Å². The Hall–Kier alpha value is -1.53. The molecule has 0 atom stereocenters. The second kappa shape index (κ2) is 6.49. The summed E-state index contributed by atoms with van der Waals surface area (Å²) in [4.78, 5) is 0.262. The largest absolute Gasteiger partial charge is 0.497 e. The van der Waals surface area contributed by atoms with Crippen molar-refractivity contribution in [2.24, 2.45) is 0 Å². The monoisotopic (exact) mass is 369 g/mol. The zero-order chi connectivity index (χ0) is 15.5. The summed E-state index contributed by atoms with van der Waals surface area (Å²) in [6.07, 6.45) is 0. The van der Waals surface area contributed by atoms with Gasteiger partial charge in [-0.1, -0.05) is 34.1 Å². The summed E-state index contributed by atoms with van der Waals surface area (Å²) in [5.74, 6) is 0.615. The lowest BCUT2D eigenvalue weighted by molar-refractivity contribution is 0.415. The normalized spacial score (nSPS) is 11.2. The Bertz CT molecular complexity index is 714. The minimum atomic E-state index is -3.58. The molecule has 0 amide bonds. The molecule has 0 radical (unpaired) electrons. The van der Waals surface area contributed by atoms with E-state index in [1.54, 1.807) is 55.6 Å². The molecule has 0 saturated heterocycles. The average molecular weight is 370 g/mol. The first kappa shape index (κ1) is 15.9. The van der Waals surface area contributed by atoms with Gasteiger partial charge in [-0.2, -0.15) is 0 Å². The quantitative estimate of drug-likeness (QED) is 0.758. The second-order valence-corrected chi connectivity index (χ2v) is 6.98. The number of ether oxygens (including phenoxy) is 1. The van der Waals surface area contributed by atoms with Gasteiger partial charge < -0.3 is 4.74 Å². The highest BCUT2D eigenvalue weighted by Crippen LogP contribution is 2.25. The molecule has 0 aliphatic heterocycles. The Morgan fingerprint density at radius 1 is 1.14 bits per heavy atom. The zero-order valence-electron chi connectivity index (χ0n) is 11.8. The van der Waals surface area contributed by atoms with Gasteiger partial charge in [-0.3, -0.25) is 4.31 Å². The van der Waals surface area contributed by atoms with Crippen molar-refractivity contribution < 1.29 is 13.2 Å². The third-order valence-electron chi connectivity index (χ3n) is 3.15. The van der Waals surface area contributed by atoms with Gasteiger partial charge in [0.1, 0.15) is 5.75 Å². The van der Waals surface area contributed by atoms with Crippen LogP contribution in [0.25, 0.3) is 0 Å². The lowest BCUT2D eigenvalue weighted by atomic mass is 10.2. The van der Waals surface area contributed by atoms with Crippen LogP contribution in [0.15, 0.2) is 53.4 Å². The molecule has 2 aromatic carbocycles. The summed E-state index contributed by atoms with van der Waals surface area (Å²) < 4.78 is 31.6. The van der Waals surface area contributed by atoms with Crippen molar-refractivity contribution in [2.45, 2.75) is 10.2 Å². The van der Waals surface area contributed by atoms with Crippen LogP contribution in [0.3, 0.4) is 0 Å². The van der Waals surface area contributed by atoms with E-state index in [4.69, 9.17) is 4.74 Å². The molecule has 2 aromatic rings. The average Bonchev–Trinajstić information content (AvgIpc) is 2.54. The van der Waals surface area contributed by atoms with Crippen LogP contribution in [0.1, 0.15) is 5.56 Å². The number of hydrogen-bond donors (Lipinski definition) is 0. The maximum atomic E-state index is 12.6. The summed E-state index contributed by atoms with van der Waals surface area (Å²) in [6, 6.07) is 13.8. The molecule has 112 valence electrons. The van der Waals surface area contributed by atoms with Gasteiger partial charge in [0.05, 0.1) is 17.7 Å². The third kappa shape index (κ3) is 3.39. The van der Waals surface area contributed by atoms with E-state index in [0.29, 0.717) is 16.8 Å². The van der Waals surface area contributed by atoms with Crippen molar-refractivity contribution in [3.63, 3.8) is 0 Å². The highest BCUT2D eigenvalue weighted by atomic mass is 79.9. The summed E-state index contributed by atoms with van der Waals surface area (Å²) in [5.41, 5.74) is 1.58. The van der Waals surface area contributed by atoms with Gasteiger partial charge in [0.25, 0.3) is 10.0 Å². The van der Waals surface area contributed by atoms with E-state index in [-0.39, 0.29) is 4.90 Å². The fraction of sp³-hybridized carbons (Fsp3) is 0.200. The molecule has 0 heterocycles. The van der Waals surface area contributed by atoms with Gasteiger partial charge in [0, 0.05) is 18.4 Å². The summed E-state index contributed by atoms with van der Waals surface area (Å²) in [5, 5.41) is 0.694. The summed E-state index contributed by atoms with van der Waals surface area (Å²) >= 11 is 3.34.